The molecule has 28 heavy (non-hydrogen) atoms. The Morgan fingerprint density at radius 1 is 0.821 bits per heavy atom. The number of aromatic nitrogens is 4. The standard InChI is InChI=1S/C22H28N6/c1-17-15-25-18(2)22(27-17)24-13-9-4-3-8-12-23-21-14-20(16-26-28-21)19-10-6-5-7-11-19/h5-7,10-11,14-16H,3-4,8-9,12-13H2,1-2H3,(H,23,28)(H,24,27). The highest BCUT2D eigenvalue weighted by Crippen LogP contribution is 2.19. The number of hydrogen-bond donors (Lipinski definition) is 2. The van der Waals surface area contributed by atoms with Crippen LogP contribution in [0.15, 0.2) is 48.8 Å². The summed E-state index contributed by atoms with van der Waals surface area (Å²) < 4.78 is 0. The number of benzene rings is 1. The summed E-state index contributed by atoms with van der Waals surface area (Å²) in [6.07, 6.45) is 8.20. The minimum Gasteiger partial charge on any atom is -0.369 e. The molecular formula is C22H28N6. The number of rotatable bonds is 10. The molecule has 0 fully saturated rings. The summed E-state index contributed by atoms with van der Waals surface area (Å²) in [4.78, 5) is 8.81. The average Bonchev–Trinajstić information content (AvgIpc) is 2.73. The molecule has 3 rings (SSSR count). The lowest BCUT2D eigenvalue weighted by atomic mass is 10.1. The van der Waals surface area contributed by atoms with Gasteiger partial charge in [0.15, 0.2) is 0 Å². The van der Waals surface area contributed by atoms with Crippen molar-refractivity contribution >= 4 is 11.6 Å². The molecule has 146 valence electrons. The third kappa shape index (κ3) is 6.01. The Hall–Kier alpha value is -3.02. The van der Waals surface area contributed by atoms with Crippen LogP contribution < -0.4 is 10.6 Å². The average molecular weight is 377 g/mol. The molecule has 0 radical (unpaired) electrons. The van der Waals surface area contributed by atoms with E-state index in [1.807, 2.05) is 32.0 Å². The molecule has 0 aliphatic carbocycles. The van der Waals surface area contributed by atoms with Crippen LogP contribution in [0.25, 0.3) is 11.1 Å². The molecule has 0 atom stereocenters. The van der Waals surface area contributed by atoms with Crippen LogP contribution in [0.5, 0.6) is 0 Å². The number of hydrogen-bond acceptors (Lipinski definition) is 6. The minimum atomic E-state index is 0.830. The second-order valence-electron chi connectivity index (χ2n) is 6.91. The largest absolute Gasteiger partial charge is 0.369 e. The highest BCUT2D eigenvalue weighted by molar-refractivity contribution is 5.64. The van der Waals surface area contributed by atoms with E-state index in [0.29, 0.717) is 0 Å². The molecule has 0 saturated carbocycles. The first-order chi connectivity index (χ1) is 13.7. The zero-order valence-electron chi connectivity index (χ0n) is 16.7. The van der Waals surface area contributed by atoms with Gasteiger partial charge >= 0.3 is 0 Å². The van der Waals surface area contributed by atoms with E-state index in [0.717, 1.165) is 60.1 Å². The molecule has 0 amide bonds. The Balaban J connectivity index is 1.32. The van der Waals surface area contributed by atoms with Gasteiger partial charge in [-0.25, -0.2) is 4.98 Å². The molecule has 0 unspecified atom stereocenters. The van der Waals surface area contributed by atoms with Crippen LogP contribution in [0.3, 0.4) is 0 Å². The molecule has 0 aliphatic heterocycles. The number of nitrogens with zero attached hydrogens (tertiary/aromatic N) is 4. The summed E-state index contributed by atoms with van der Waals surface area (Å²) in [6, 6.07) is 12.3. The summed E-state index contributed by atoms with van der Waals surface area (Å²) >= 11 is 0. The van der Waals surface area contributed by atoms with Gasteiger partial charge in [0.05, 0.1) is 17.6 Å². The van der Waals surface area contributed by atoms with Gasteiger partial charge in [-0.15, -0.1) is 5.10 Å². The SMILES string of the molecule is Cc1cnc(C)c(NCCCCCCNc2cc(-c3ccccc3)cnn2)n1. The van der Waals surface area contributed by atoms with E-state index in [2.05, 4.69) is 49.0 Å². The Bertz CT molecular complexity index is 866. The van der Waals surface area contributed by atoms with Crippen molar-refractivity contribution in [3.63, 3.8) is 0 Å². The Labute approximate surface area is 166 Å². The fourth-order valence-corrected chi connectivity index (χ4v) is 2.97. The van der Waals surface area contributed by atoms with Crippen LogP contribution in [0, 0.1) is 13.8 Å². The van der Waals surface area contributed by atoms with Gasteiger partial charge in [-0.1, -0.05) is 43.2 Å². The van der Waals surface area contributed by atoms with E-state index >= 15 is 0 Å². The van der Waals surface area contributed by atoms with Crippen molar-refractivity contribution in [3.05, 3.63) is 60.2 Å². The Morgan fingerprint density at radius 2 is 1.57 bits per heavy atom. The third-order valence-electron chi connectivity index (χ3n) is 4.54. The maximum atomic E-state index is 4.49. The van der Waals surface area contributed by atoms with Crippen molar-refractivity contribution < 1.29 is 0 Å². The smallest absolute Gasteiger partial charge is 0.149 e. The predicted octanol–water partition coefficient (Wildman–Crippen LogP) is 4.63. The zero-order chi connectivity index (χ0) is 19.6. The van der Waals surface area contributed by atoms with Gasteiger partial charge in [0.1, 0.15) is 11.6 Å². The van der Waals surface area contributed by atoms with E-state index in [1.54, 1.807) is 12.4 Å². The van der Waals surface area contributed by atoms with Gasteiger partial charge in [0.2, 0.25) is 0 Å². The molecule has 0 spiro atoms. The molecule has 6 heteroatoms. The van der Waals surface area contributed by atoms with Gasteiger partial charge in [-0.2, -0.15) is 5.10 Å². The van der Waals surface area contributed by atoms with E-state index in [-0.39, 0.29) is 0 Å². The van der Waals surface area contributed by atoms with Gasteiger partial charge in [-0.3, -0.25) is 4.98 Å². The Kier molecular flexibility index (Phi) is 7.29. The van der Waals surface area contributed by atoms with Crippen LogP contribution in [0.4, 0.5) is 11.6 Å². The van der Waals surface area contributed by atoms with Crippen molar-refractivity contribution in [1.82, 2.24) is 20.2 Å². The monoisotopic (exact) mass is 376 g/mol. The van der Waals surface area contributed by atoms with E-state index < -0.39 is 0 Å². The maximum absolute atomic E-state index is 4.49. The van der Waals surface area contributed by atoms with Crippen LogP contribution in [0.1, 0.15) is 37.1 Å². The second-order valence-corrected chi connectivity index (χ2v) is 6.91. The molecule has 2 heterocycles. The normalized spacial score (nSPS) is 10.6. The topological polar surface area (TPSA) is 75.6 Å². The first kappa shape index (κ1) is 19.7. The van der Waals surface area contributed by atoms with Gasteiger partial charge < -0.3 is 10.6 Å². The highest BCUT2D eigenvalue weighted by atomic mass is 15.2. The minimum absolute atomic E-state index is 0.830. The van der Waals surface area contributed by atoms with Crippen molar-refractivity contribution in [2.24, 2.45) is 0 Å². The summed E-state index contributed by atoms with van der Waals surface area (Å²) in [5.74, 6) is 1.73. The van der Waals surface area contributed by atoms with Crippen LogP contribution in [0.2, 0.25) is 0 Å². The molecular weight excluding hydrogens is 348 g/mol. The van der Waals surface area contributed by atoms with Crippen LogP contribution in [-0.4, -0.2) is 33.3 Å². The van der Waals surface area contributed by atoms with Gasteiger partial charge in [0.25, 0.3) is 0 Å². The van der Waals surface area contributed by atoms with Crippen LogP contribution >= 0.6 is 0 Å². The number of anilines is 2. The summed E-state index contributed by atoms with van der Waals surface area (Å²) in [6.45, 7) is 5.78. The molecule has 6 nitrogen and oxygen atoms in total. The van der Waals surface area contributed by atoms with Gasteiger partial charge in [-0.05, 0) is 38.3 Å². The summed E-state index contributed by atoms with van der Waals surface area (Å²) in [5, 5.41) is 15.1. The zero-order valence-corrected chi connectivity index (χ0v) is 16.7. The molecule has 0 aliphatic rings. The summed E-state index contributed by atoms with van der Waals surface area (Å²) in [5.41, 5.74) is 4.13. The fraction of sp³-hybridized carbons (Fsp3) is 0.364. The van der Waals surface area contributed by atoms with E-state index in [1.165, 1.54) is 12.8 Å². The molecule has 0 saturated heterocycles. The fourth-order valence-electron chi connectivity index (χ4n) is 2.97. The van der Waals surface area contributed by atoms with Crippen molar-refractivity contribution in [2.45, 2.75) is 39.5 Å². The lowest BCUT2D eigenvalue weighted by Crippen LogP contribution is -2.07. The second kappa shape index (κ2) is 10.3. The number of unbranched alkanes of at least 4 members (excludes halogenated alkanes) is 3. The van der Waals surface area contributed by atoms with E-state index in [9.17, 15) is 0 Å². The van der Waals surface area contributed by atoms with Crippen molar-refractivity contribution in [1.29, 1.82) is 0 Å². The molecule has 3 aromatic rings. The first-order valence-corrected chi connectivity index (χ1v) is 9.88. The van der Waals surface area contributed by atoms with Crippen molar-refractivity contribution in [2.75, 3.05) is 23.7 Å². The number of aryl methyl sites for hydroxylation is 2. The van der Waals surface area contributed by atoms with Gasteiger partial charge in [0, 0.05) is 24.8 Å². The molecule has 1 aromatic carbocycles. The first-order valence-electron chi connectivity index (χ1n) is 9.88. The van der Waals surface area contributed by atoms with Crippen molar-refractivity contribution in [3.8, 4) is 11.1 Å². The predicted molar refractivity (Wildman–Crippen MR) is 114 cm³/mol. The lowest BCUT2D eigenvalue weighted by molar-refractivity contribution is 0.668. The Morgan fingerprint density at radius 3 is 2.36 bits per heavy atom. The van der Waals surface area contributed by atoms with E-state index in [4.69, 9.17) is 0 Å². The molecule has 2 N–H and O–H groups in total. The van der Waals surface area contributed by atoms with Crippen LogP contribution in [-0.2, 0) is 0 Å². The quantitative estimate of drug-likeness (QED) is 0.502. The molecule has 0 bridgehead atoms. The molecule has 2 aromatic heterocycles. The number of nitrogens with one attached hydrogen (secondary N) is 2. The maximum Gasteiger partial charge on any atom is 0.149 e. The lowest BCUT2D eigenvalue weighted by Gasteiger charge is -2.09. The summed E-state index contributed by atoms with van der Waals surface area (Å²) in [7, 11) is 0. The third-order valence-corrected chi connectivity index (χ3v) is 4.54. The highest BCUT2D eigenvalue weighted by Gasteiger charge is 2.02.